The monoisotopic (exact) mass is 386 g/mol. The van der Waals surface area contributed by atoms with E-state index >= 15 is 0 Å². The molecular weight excluding hydrogens is 360 g/mol. The van der Waals surface area contributed by atoms with Crippen LogP contribution in [0.3, 0.4) is 0 Å². The molecule has 1 amide bonds. The van der Waals surface area contributed by atoms with Crippen LogP contribution >= 0.6 is 0 Å². The van der Waals surface area contributed by atoms with E-state index in [-0.39, 0.29) is 5.91 Å². The number of piperidine rings is 1. The molecule has 1 heterocycles. The van der Waals surface area contributed by atoms with Crippen molar-refractivity contribution < 1.29 is 9.53 Å². The summed E-state index contributed by atoms with van der Waals surface area (Å²) in [5.41, 5.74) is 8.88. The van der Waals surface area contributed by atoms with Crippen LogP contribution in [0.4, 0.5) is 0 Å². The molecule has 29 heavy (non-hydrogen) atoms. The molecule has 0 spiro atoms. The highest BCUT2D eigenvalue weighted by Gasteiger charge is 2.26. The van der Waals surface area contributed by atoms with Gasteiger partial charge >= 0.3 is 0 Å². The maximum Gasteiger partial charge on any atom is 0.257 e. The second-order valence-electron chi connectivity index (χ2n) is 7.43. The van der Waals surface area contributed by atoms with E-state index in [2.05, 4.69) is 24.3 Å². The highest BCUT2D eigenvalue weighted by atomic mass is 16.5. The van der Waals surface area contributed by atoms with E-state index in [0.717, 1.165) is 37.2 Å². The van der Waals surface area contributed by atoms with E-state index in [0.29, 0.717) is 23.8 Å². The topological polar surface area (TPSA) is 55.6 Å². The van der Waals surface area contributed by atoms with Crippen molar-refractivity contribution in [1.82, 2.24) is 4.90 Å². The smallest absolute Gasteiger partial charge is 0.257 e. The Hall–Kier alpha value is -3.11. The molecule has 1 aliphatic heterocycles. The van der Waals surface area contributed by atoms with Gasteiger partial charge in [0.25, 0.3) is 5.91 Å². The molecule has 0 radical (unpaired) electrons. The molecule has 0 saturated carbocycles. The van der Waals surface area contributed by atoms with Crippen LogP contribution in [0.25, 0.3) is 0 Å². The molecule has 0 unspecified atom stereocenters. The average molecular weight is 386 g/mol. The predicted octanol–water partition coefficient (Wildman–Crippen LogP) is 4.96. The molecule has 1 fully saturated rings. The fourth-order valence-corrected chi connectivity index (χ4v) is 3.91. The molecule has 1 aliphatic rings. The van der Waals surface area contributed by atoms with Gasteiger partial charge in [0.15, 0.2) is 0 Å². The van der Waals surface area contributed by atoms with Crippen LogP contribution < -0.4 is 10.5 Å². The number of carbonyl (C=O) groups excluding carboxylic acids is 1. The summed E-state index contributed by atoms with van der Waals surface area (Å²) in [6, 6.07) is 25.5. The van der Waals surface area contributed by atoms with Crippen LogP contribution in [-0.4, -0.2) is 23.9 Å². The van der Waals surface area contributed by atoms with Crippen LogP contribution in [-0.2, 0) is 6.54 Å². The first-order valence-corrected chi connectivity index (χ1v) is 10.1. The van der Waals surface area contributed by atoms with E-state index in [1.165, 1.54) is 5.56 Å². The third-order valence-electron chi connectivity index (χ3n) is 5.53. The standard InChI is InChI=1S/C25H26N2O2/c26-18-19-7-6-8-21(17-19)20-13-15-27(16-14-20)25(28)23-11-4-5-12-24(23)29-22-9-2-1-3-10-22/h1-12,17,20H,13-16,18,26H2. The van der Waals surface area contributed by atoms with Crippen LogP contribution in [0.2, 0.25) is 0 Å². The Balaban J connectivity index is 1.45. The van der Waals surface area contributed by atoms with Crippen LogP contribution in [0.15, 0.2) is 78.9 Å². The number of para-hydroxylation sites is 2. The Labute approximate surface area is 171 Å². The molecule has 0 atom stereocenters. The first-order valence-electron chi connectivity index (χ1n) is 10.1. The lowest BCUT2D eigenvalue weighted by atomic mass is 9.88. The van der Waals surface area contributed by atoms with Gasteiger partial charge in [0.2, 0.25) is 0 Å². The lowest BCUT2D eigenvalue weighted by Crippen LogP contribution is -2.38. The van der Waals surface area contributed by atoms with Gasteiger partial charge in [0.05, 0.1) is 5.56 Å². The summed E-state index contributed by atoms with van der Waals surface area (Å²) in [7, 11) is 0. The third kappa shape index (κ3) is 4.49. The Morgan fingerprint density at radius 2 is 1.66 bits per heavy atom. The second-order valence-corrected chi connectivity index (χ2v) is 7.43. The summed E-state index contributed by atoms with van der Waals surface area (Å²) in [6.45, 7) is 2.05. The zero-order valence-electron chi connectivity index (χ0n) is 16.5. The van der Waals surface area contributed by atoms with E-state index in [4.69, 9.17) is 10.5 Å². The summed E-state index contributed by atoms with van der Waals surface area (Å²) in [5.74, 6) is 1.83. The number of carbonyl (C=O) groups is 1. The van der Waals surface area contributed by atoms with Crippen molar-refractivity contribution in [3.63, 3.8) is 0 Å². The molecule has 148 valence electrons. The number of benzene rings is 3. The number of rotatable bonds is 5. The zero-order chi connectivity index (χ0) is 20.1. The Morgan fingerprint density at radius 1 is 0.931 bits per heavy atom. The van der Waals surface area contributed by atoms with Crippen LogP contribution in [0.5, 0.6) is 11.5 Å². The molecule has 2 N–H and O–H groups in total. The van der Waals surface area contributed by atoms with Gasteiger partial charge in [0, 0.05) is 19.6 Å². The van der Waals surface area contributed by atoms with Gasteiger partial charge in [-0.15, -0.1) is 0 Å². The number of hydrogen-bond acceptors (Lipinski definition) is 3. The first kappa shape index (κ1) is 19.2. The summed E-state index contributed by atoms with van der Waals surface area (Å²) in [5, 5.41) is 0. The summed E-state index contributed by atoms with van der Waals surface area (Å²) in [4.78, 5) is 15.1. The predicted molar refractivity (Wildman–Crippen MR) is 115 cm³/mol. The highest BCUT2D eigenvalue weighted by Crippen LogP contribution is 2.31. The number of amides is 1. The maximum absolute atomic E-state index is 13.2. The molecule has 4 heteroatoms. The summed E-state index contributed by atoms with van der Waals surface area (Å²) < 4.78 is 5.98. The number of nitrogens with two attached hydrogens (primary N) is 1. The fraction of sp³-hybridized carbons (Fsp3) is 0.240. The number of hydrogen-bond donors (Lipinski definition) is 1. The average Bonchev–Trinajstić information content (AvgIpc) is 2.80. The lowest BCUT2D eigenvalue weighted by Gasteiger charge is -2.32. The zero-order valence-corrected chi connectivity index (χ0v) is 16.5. The second kappa shape index (κ2) is 8.93. The minimum atomic E-state index is 0.0330. The number of nitrogens with zero attached hydrogens (tertiary/aromatic N) is 1. The Kier molecular flexibility index (Phi) is 5.92. The summed E-state index contributed by atoms with van der Waals surface area (Å²) in [6.07, 6.45) is 1.92. The molecule has 3 aromatic rings. The number of likely N-dealkylation sites (tertiary alicyclic amines) is 1. The largest absolute Gasteiger partial charge is 0.457 e. The first-order chi connectivity index (χ1) is 14.2. The Bertz CT molecular complexity index is 963. The van der Waals surface area contributed by atoms with E-state index in [1.807, 2.05) is 59.5 Å². The quantitative estimate of drug-likeness (QED) is 0.674. The SMILES string of the molecule is NCc1cccc(C2CCN(C(=O)c3ccccc3Oc3ccccc3)CC2)c1. The van der Waals surface area contributed by atoms with Gasteiger partial charge in [-0.05, 0) is 54.2 Å². The minimum Gasteiger partial charge on any atom is -0.457 e. The van der Waals surface area contributed by atoms with Gasteiger partial charge in [-0.2, -0.15) is 0 Å². The molecular formula is C25H26N2O2. The van der Waals surface area contributed by atoms with Crippen LogP contribution in [0.1, 0.15) is 40.2 Å². The van der Waals surface area contributed by atoms with E-state index < -0.39 is 0 Å². The van der Waals surface area contributed by atoms with Crippen molar-refractivity contribution in [3.05, 3.63) is 95.6 Å². The fourth-order valence-electron chi connectivity index (χ4n) is 3.91. The van der Waals surface area contributed by atoms with Crippen LogP contribution in [0, 0.1) is 0 Å². The Morgan fingerprint density at radius 3 is 2.41 bits per heavy atom. The van der Waals surface area contributed by atoms with Gasteiger partial charge in [-0.3, -0.25) is 4.79 Å². The van der Waals surface area contributed by atoms with Gasteiger partial charge in [0.1, 0.15) is 11.5 Å². The van der Waals surface area contributed by atoms with Gasteiger partial charge in [-0.25, -0.2) is 0 Å². The maximum atomic E-state index is 13.2. The molecule has 0 bridgehead atoms. The molecule has 0 aromatic heterocycles. The minimum absolute atomic E-state index is 0.0330. The molecule has 3 aromatic carbocycles. The van der Waals surface area contributed by atoms with Gasteiger partial charge in [-0.1, -0.05) is 54.6 Å². The van der Waals surface area contributed by atoms with Crippen molar-refractivity contribution in [2.24, 2.45) is 5.73 Å². The van der Waals surface area contributed by atoms with Crippen molar-refractivity contribution in [1.29, 1.82) is 0 Å². The van der Waals surface area contributed by atoms with Crippen molar-refractivity contribution >= 4 is 5.91 Å². The van der Waals surface area contributed by atoms with Crippen molar-refractivity contribution in [2.75, 3.05) is 13.1 Å². The lowest BCUT2D eigenvalue weighted by molar-refractivity contribution is 0.0710. The third-order valence-corrected chi connectivity index (χ3v) is 5.53. The highest BCUT2D eigenvalue weighted by molar-refractivity contribution is 5.97. The van der Waals surface area contributed by atoms with E-state index in [1.54, 1.807) is 0 Å². The normalized spacial score (nSPS) is 14.6. The number of ether oxygens (including phenoxy) is 1. The molecule has 0 aliphatic carbocycles. The van der Waals surface area contributed by atoms with Crippen molar-refractivity contribution in [2.45, 2.75) is 25.3 Å². The van der Waals surface area contributed by atoms with Crippen molar-refractivity contribution in [3.8, 4) is 11.5 Å². The summed E-state index contributed by atoms with van der Waals surface area (Å²) >= 11 is 0. The van der Waals surface area contributed by atoms with E-state index in [9.17, 15) is 4.79 Å². The molecule has 1 saturated heterocycles. The molecule has 4 rings (SSSR count). The molecule has 4 nitrogen and oxygen atoms in total. The van der Waals surface area contributed by atoms with Gasteiger partial charge < -0.3 is 15.4 Å².